The summed E-state index contributed by atoms with van der Waals surface area (Å²) in [6, 6.07) is 6.18. The van der Waals surface area contributed by atoms with Crippen molar-refractivity contribution in [3.05, 3.63) is 35.6 Å². The zero-order valence-corrected chi connectivity index (χ0v) is 9.28. The van der Waals surface area contributed by atoms with Gasteiger partial charge in [0.05, 0.1) is 0 Å². The summed E-state index contributed by atoms with van der Waals surface area (Å²) < 4.78 is 13.2. The lowest BCUT2D eigenvalue weighted by Gasteiger charge is -2.05. The Kier molecular flexibility index (Phi) is 5.13. The topological polar surface area (TPSA) is 66.4 Å². The molecule has 0 aliphatic heterocycles. The van der Waals surface area contributed by atoms with E-state index in [1.165, 1.54) is 6.07 Å². The van der Waals surface area contributed by atoms with E-state index in [1.54, 1.807) is 18.2 Å². The molecule has 0 spiro atoms. The van der Waals surface area contributed by atoms with Crippen molar-refractivity contribution in [1.82, 2.24) is 5.32 Å². The molecule has 1 aromatic carbocycles. The number of carboxylic acid groups (broad SMARTS) is 1. The summed E-state index contributed by atoms with van der Waals surface area (Å²) in [4.78, 5) is 21.5. The van der Waals surface area contributed by atoms with Gasteiger partial charge in [-0.2, -0.15) is 0 Å². The number of carbonyl (C=O) groups excluding carboxylic acids is 1. The van der Waals surface area contributed by atoms with Crippen LogP contribution in [-0.2, 0) is 16.1 Å². The van der Waals surface area contributed by atoms with E-state index in [0.717, 1.165) is 0 Å². The predicted molar refractivity (Wildman–Crippen MR) is 59.7 cm³/mol. The molecule has 0 aliphatic rings. The van der Waals surface area contributed by atoms with Crippen LogP contribution in [0.2, 0.25) is 0 Å². The lowest BCUT2D eigenvalue weighted by molar-refractivity contribution is -0.137. The molecule has 0 fully saturated rings. The van der Waals surface area contributed by atoms with Crippen LogP contribution < -0.4 is 5.32 Å². The minimum absolute atomic E-state index is 0.0346. The molecule has 0 atom stereocenters. The number of nitrogens with one attached hydrogen (secondary N) is 1. The van der Waals surface area contributed by atoms with Crippen molar-refractivity contribution < 1.29 is 19.1 Å². The number of halogens is 1. The number of hydrogen-bond acceptors (Lipinski definition) is 2. The van der Waals surface area contributed by atoms with Gasteiger partial charge < -0.3 is 10.4 Å². The highest BCUT2D eigenvalue weighted by atomic mass is 19.1. The third-order valence-corrected chi connectivity index (χ3v) is 2.23. The Bertz CT molecular complexity index is 406. The Labute approximate surface area is 98.5 Å². The molecular formula is C12H14FNO3. The first-order valence-corrected chi connectivity index (χ1v) is 5.31. The Balaban J connectivity index is 2.29. The van der Waals surface area contributed by atoms with Crippen LogP contribution in [0.25, 0.3) is 0 Å². The maximum absolute atomic E-state index is 13.2. The molecule has 0 aromatic heterocycles. The zero-order valence-electron chi connectivity index (χ0n) is 9.28. The third-order valence-electron chi connectivity index (χ3n) is 2.23. The van der Waals surface area contributed by atoms with E-state index in [4.69, 9.17) is 5.11 Å². The second-order valence-electron chi connectivity index (χ2n) is 3.62. The SMILES string of the molecule is O=C(O)CCCC(=O)NCc1ccccc1F. The molecule has 0 heterocycles. The van der Waals surface area contributed by atoms with Gasteiger partial charge in [-0.1, -0.05) is 18.2 Å². The van der Waals surface area contributed by atoms with Gasteiger partial charge in [-0.25, -0.2) is 4.39 Å². The molecular weight excluding hydrogens is 225 g/mol. The van der Waals surface area contributed by atoms with Crippen LogP contribution in [0.4, 0.5) is 4.39 Å². The molecule has 0 saturated carbocycles. The number of carbonyl (C=O) groups is 2. The van der Waals surface area contributed by atoms with Crippen LogP contribution in [0.5, 0.6) is 0 Å². The second kappa shape index (κ2) is 6.62. The average Bonchev–Trinajstić information content (AvgIpc) is 2.27. The van der Waals surface area contributed by atoms with E-state index in [9.17, 15) is 14.0 Å². The summed E-state index contributed by atoms with van der Waals surface area (Å²) in [5.41, 5.74) is 0.416. The Morgan fingerprint density at radius 3 is 2.59 bits per heavy atom. The quantitative estimate of drug-likeness (QED) is 0.794. The molecule has 1 amide bonds. The van der Waals surface area contributed by atoms with Gasteiger partial charge in [-0.15, -0.1) is 0 Å². The van der Waals surface area contributed by atoms with Gasteiger partial charge in [0.2, 0.25) is 5.91 Å². The molecule has 1 rings (SSSR count). The van der Waals surface area contributed by atoms with Crippen LogP contribution in [0.15, 0.2) is 24.3 Å². The van der Waals surface area contributed by atoms with Crippen LogP contribution in [0, 0.1) is 5.82 Å². The summed E-state index contributed by atoms with van der Waals surface area (Å²) in [6.45, 7) is 0.124. The Hall–Kier alpha value is -1.91. The highest BCUT2D eigenvalue weighted by molar-refractivity contribution is 5.76. The maximum atomic E-state index is 13.2. The molecule has 17 heavy (non-hydrogen) atoms. The molecule has 2 N–H and O–H groups in total. The fraction of sp³-hybridized carbons (Fsp3) is 0.333. The maximum Gasteiger partial charge on any atom is 0.303 e. The van der Waals surface area contributed by atoms with Crippen molar-refractivity contribution >= 4 is 11.9 Å². The van der Waals surface area contributed by atoms with Crippen LogP contribution in [-0.4, -0.2) is 17.0 Å². The van der Waals surface area contributed by atoms with Gasteiger partial charge >= 0.3 is 5.97 Å². The molecule has 1 aromatic rings. The number of amides is 1. The summed E-state index contributed by atoms with van der Waals surface area (Å²) in [5, 5.41) is 10.9. The summed E-state index contributed by atoms with van der Waals surface area (Å²) in [7, 11) is 0. The summed E-state index contributed by atoms with van der Waals surface area (Å²) in [6.07, 6.45) is 0.395. The van der Waals surface area contributed by atoms with E-state index in [-0.39, 0.29) is 31.1 Å². The standard InChI is InChI=1S/C12H14FNO3/c13-10-5-2-1-4-9(10)8-14-11(15)6-3-7-12(16)17/h1-2,4-5H,3,6-8H2,(H,14,15)(H,16,17). The molecule has 4 nitrogen and oxygen atoms in total. The van der Waals surface area contributed by atoms with Gasteiger partial charge in [0.1, 0.15) is 5.82 Å². The molecule has 0 radical (unpaired) electrons. The Morgan fingerprint density at radius 2 is 1.94 bits per heavy atom. The van der Waals surface area contributed by atoms with Crippen molar-refractivity contribution in [2.45, 2.75) is 25.8 Å². The van der Waals surface area contributed by atoms with Crippen molar-refractivity contribution in [2.24, 2.45) is 0 Å². The highest BCUT2D eigenvalue weighted by Crippen LogP contribution is 2.05. The van der Waals surface area contributed by atoms with Crippen LogP contribution in [0.3, 0.4) is 0 Å². The first-order chi connectivity index (χ1) is 8.09. The van der Waals surface area contributed by atoms with Crippen molar-refractivity contribution in [2.75, 3.05) is 0 Å². The molecule has 0 unspecified atom stereocenters. The smallest absolute Gasteiger partial charge is 0.303 e. The number of aliphatic carboxylic acids is 1. The van der Waals surface area contributed by atoms with Gasteiger partial charge in [-0.05, 0) is 12.5 Å². The molecule has 0 saturated heterocycles. The van der Waals surface area contributed by atoms with E-state index in [0.29, 0.717) is 12.0 Å². The van der Waals surface area contributed by atoms with Gasteiger partial charge in [0, 0.05) is 24.9 Å². The summed E-state index contributed by atoms with van der Waals surface area (Å²) in [5.74, 6) is -1.56. The van der Waals surface area contributed by atoms with Crippen molar-refractivity contribution in [3.63, 3.8) is 0 Å². The third kappa shape index (κ3) is 5.10. The number of carboxylic acids is 1. The first-order valence-electron chi connectivity index (χ1n) is 5.31. The molecule has 0 aliphatic carbocycles. The highest BCUT2D eigenvalue weighted by Gasteiger charge is 2.05. The molecule has 0 bridgehead atoms. The van der Waals surface area contributed by atoms with Crippen LogP contribution in [0.1, 0.15) is 24.8 Å². The van der Waals surface area contributed by atoms with Gasteiger partial charge in [0.15, 0.2) is 0 Å². The molecule has 92 valence electrons. The lowest BCUT2D eigenvalue weighted by atomic mass is 10.2. The predicted octanol–water partition coefficient (Wildman–Crippen LogP) is 1.70. The van der Waals surface area contributed by atoms with Gasteiger partial charge in [0.25, 0.3) is 0 Å². The monoisotopic (exact) mass is 239 g/mol. The van der Waals surface area contributed by atoms with E-state index in [2.05, 4.69) is 5.32 Å². The lowest BCUT2D eigenvalue weighted by Crippen LogP contribution is -2.23. The van der Waals surface area contributed by atoms with Crippen LogP contribution >= 0.6 is 0 Å². The number of benzene rings is 1. The fourth-order valence-corrected chi connectivity index (χ4v) is 1.32. The zero-order chi connectivity index (χ0) is 12.7. The average molecular weight is 239 g/mol. The Morgan fingerprint density at radius 1 is 1.24 bits per heavy atom. The van der Waals surface area contributed by atoms with Crippen molar-refractivity contribution in [3.8, 4) is 0 Å². The largest absolute Gasteiger partial charge is 0.481 e. The van der Waals surface area contributed by atoms with E-state index < -0.39 is 5.97 Å². The van der Waals surface area contributed by atoms with Crippen molar-refractivity contribution in [1.29, 1.82) is 0 Å². The van der Waals surface area contributed by atoms with Gasteiger partial charge in [-0.3, -0.25) is 9.59 Å². The first kappa shape index (κ1) is 13.2. The minimum atomic E-state index is -0.924. The normalized spacial score (nSPS) is 9.94. The fourth-order valence-electron chi connectivity index (χ4n) is 1.32. The minimum Gasteiger partial charge on any atom is -0.481 e. The number of rotatable bonds is 6. The molecule has 5 heteroatoms. The van der Waals surface area contributed by atoms with E-state index >= 15 is 0 Å². The second-order valence-corrected chi connectivity index (χ2v) is 3.62. The summed E-state index contributed by atoms with van der Waals surface area (Å²) >= 11 is 0. The van der Waals surface area contributed by atoms with E-state index in [1.807, 2.05) is 0 Å². The number of hydrogen-bond donors (Lipinski definition) is 2.